The molecule has 1 aliphatic carbocycles. The molecule has 1 atom stereocenters. The van der Waals surface area contributed by atoms with Crippen LogP contribution in [0.4, 0.5) is 0 Å². The average molecular weight is 333 g/mol. The number of hydrogen-bond donors (Lipinski definition) is 1. The Balaban J connectivity index is 1.50. The van der Waals surface area contributed by atoms with Crippen LogP contribution in [-0.2, 0) is 4.79 Å². The van der Waals surface area contributed by atoms with Crippen LogP contribution in [0, 0.1) is 11.8 Å². The first-order valence-electron chi connectivity index (χ1n) is 9.11. The number of nitrogens with zero attached hydrogens (tertiary/aromatic N) is 3. The maximum absolute atomic E-state index is 12.6. The smallest absolute Gasteiger partial charge is 0.338 e. The number of piperidine rings is 1. The van der Waals surface area contributed by atoms with Gasteiger partial charge < -0.3 is 10.0 Å². The van der Waals surface area contributed by atoms with Crippen molar-refractivity contribution < 1.29 is 14.7 Å². The molecular formula is C18H27N3O3. The number of carbonyl (C=O) groups excluding carboxylic acids is 1. The monoisotopic (exact) mass is 333 g/mol. The lowest BCUT2D eigenvalue weighted by atomic mass is 9.93. The molecule has 1 amide bonds. The van der Waals surface area contributed by atoms with Crippen molar-refractivity contribution in [2.45, 2.75) is 57.9 Å². The summed E-state index contributed by atoms with van der Waals surface area (Å²) in [5.41, 5.74) is 0.221. The third-order valence-electron chi connectivity index (χ3n) is 5.58. The number of hydrogen-bond acceptors (Lipinski definition) is 3. The van der Waals surface area contributed by atoms with Gasteiger partial charge in [0.2, 0.25) is 5.91 Å². The van der Waals surface area contributed by atoms with Crippen LogP contribution in [0.5, 0.6) is 0 Å². The molecule has 1 aromatic rings. The van der Waals surface area contributed by atoms with Gasteiger partial charge in [0.05, 0.1) is 17.8 Å². The van der Waals surface area contributed by atoms with Crippen LogP contribution in [0.15, 0.2) is 12.4 Å². The number of carboxylic acid groups (broad SMARTS) is 1. The Labute approximate surface area is 142 Å². The summed E-state index contributed by atoms with van der Waals surface area (Å²) in [6.45, 7) is 3.54. The van der Waals surface area contributed by atoms with Crippen molar-refractivity contribution in [1.29, 1.82) is 0 Å². The molecule has 6 heteroatoms. The van der Waals surface area contributed by atoms with E-state index in [1.807, 2.05) is 4.90 Å². The minimum atomic E-state index is -0.949. The molecule has 0 radical (unpaired) electrons. The normalized spacial score (nSPS) is 21.1. The second-order valence-corrected chi connectivity index (χ2v) is 7.36. The van der Waals surface area contributed by atoms with Gasteiger partial charge in [0.1, 0.15) is 0 Å². The zero-order valence-corrected chi connectivity index (χ0v) is 14.4. The standard InChI is InChI=1S/C18H27N3O3/c1-13(10-14-4-2-3-5-14)17(22)20-8-6-16(7-9-20)21-12-15(11-19-21)18(23)24/h11-14,16H,2-10H2,1H3,(H,23,24). The van der Waals surface area contributed by atoms with E-state index in [9.17, 15) is 9.59 Å². The second-order valence-electron chi connectivity index (χ2n) is 7.36. The summed E-state index contributed by atoms with van der Waals surface area (Å²) in [6, 6.07) is 0.187. The summed E-state index contributed by atoms with van der Waals surface area (Å²) in [5, 5.41) is 13.2. The zero-order chi connectivity index (χ0) is 17.1. The number of likely N-dealkylation sites (tertiary alicyclic amines) is 1. The predicted molar refractivity (Wildman–Crippen MR) is 89.8 cm³/mol. The van der Waals surface area contributed by atoms with Crippen molar-refractivity contribution in [2.24, 2.45) is 11.8 Å². The van der Waals surface area contributed by atoms with Crippen LogP contribution >= 0.6 is 0 Å². The number of aromatic nitrogens is 2. The highest BCUT2D eigenvalue weighted by Crippen LogP contribution is 2.31. The van der Waals surface area contributed by atoms with E-state index >= 15 is 0 Å². The lowest BCUT2D eigenvalue weighted by Crippen LogP contribution is -2.42. The van der Waals surface area contributed by atoms with Crippen molar-refractivity contribution in [2.75, 3.05) is 13.1 Å². The first kappa shape index (κ1) is 17.0. The molecule has 132 valence electrons. The summed E-state index contributed by atoms with van der Waals surface area (Å²) < 4.78 is 1.74. The number of aromatic carboxylic acids is 1. The van der Waals surface area contributed by atoms with E-state index in [0.717, 1.165) is 38.3 Å². The SMILES string of the molecule is CC(CC1CCCC1)C(=O)N1CCC(n2cc(C(=O)O)cn2)CC1. The Morgan fingerprint density at radius 3 is 2.50 bits per heavy atom. The van der Waals surface area contributed by atoms with E-state index in [1.54, 1.807) is 10.9 Å². The summed E-state index contributed by atoms with van der Waals surface area (Å²) in [4.78, 5) is 25.6. The molecular weight excluding hydrogens is 306 g/mol. The molecule has 1 N–H and O–H groups in total. The third kappa shape index (κ3) is 3.79. The lowest BCUT2D eigenvalue weighted by molar-refractivity contribution is -0.136. The van der Waals surface area contributed by atoms with E-state index in [0.29, 0.717) is 0 Å². The van der Waals surface area contributed by atoms with Gasteiger partial charge in [0, 0.05) is 25.2 Å². The molecule has 6 nitrogen and oxygen atoms in total. The highest BCUT2D eigenvalue weighted by molar-refractivity contribution is 5.86. The molecule has 3 rings (SSSR count). The van der Waals surface area contributed by atoms with Crippen LogP contribution in [0.2, 0.25) is 0 Å². The first-order valence-corrected chi connectivity index (χ1v) is 9.11. The predicted octanol–water partition coefficient (Wildman–Crippen LogP) is 2.96. The number of amides is 1. The van der Waals surface area contributed by atoms with Crippen molar-refractivity contribution in [3.8, 4) is 0 Å². The van der Waals surface area contributed by atoms with Crippen LogP contribution in [0.1, 0.15) is 68.3 Å². The van der Waals surface area contributed by atoms with Gasteiger partial charge in [-0.1, -0.05) is 32.6 Å². The molecule has 0 aromatic carbocycles. The fourth-order valence-corrected chi connectivity index (χ4v) is 4.16. The van der Waals surface area contributed by atoms with Crippen LogP contribution in [-0.4, -0.2) is 44.8 Å². The molecule has 1 saturated heterocycles. The molecule has 1 unspecified atom stereocenters. The Morgan fingerprint density at radius 2 is 1.92 bits per heavy atom. The van der Waals surface area contributed by atoms with Gasteiger partial charge >= 0.3 is 5.97 Å². The quantitative estimate of drug-likeness (QED) is 0.899. The number of rotatable bonds is 5. The minimum Gasteiger partial charge on any atom is -0.478 e. The Hall–Kier alpha value is -1.85. The van der Waals surface area contributed by atoms with Gasteiger partial charge in [-0.15, -0.1) is 0 Å². The second kappa shape index (κ2) is 7.36. The van der Waals surface area contributed by atoms with E-state index in [4.69, 9.17) is 5.11 Å². The third-order valence-corrected chi connectivity index (χ3v) is 5.58. The Morgan fingerprint density at radius 1 is 1.25 bits per heavy atom. The summed E-state index contributed by atoms with van der Waals surface area (Å²) in [5.74, 6) is 0.189. The fraction of sp³-hybridized carbons (Fsp3) is 0.722. The summed E-state index contributed by atoms with van der Waals surface area (Å²) in [7, 11) is 0. The van der Waals surface area contributed by atoms with E-state index in [-0.39, 0.29) is 23.4 Å². The van der Waals surface area contributed by atoms with Crippen LogP contribution < -0.4 is 0 Å². The molecule has 1 saturated carbocycles. The minimum absolute atomic E-state index is 0.118. The zero-order valence-electron chi connectivity index (χ0n) is 14.4. The van der Waals surface area contributed by atoms with E-state index < -0.39 is 5.97 Å². The van der Waals surface area contributed by atoms with E-state index in [1.165, 1.54) is 31.9 Å². The van der Waals surface area contributed by atoms with Crippen LogP contribution in [0.25, 0.3) is 0 Å². The molecule has 2 fully saturated rings. The van der Waals surface area contributed by atoms with Crippen LogP contribution in [0.3, 0.4) is 0 Å². The highest BCUT2D eigenvalue weighted by Gasteiger charge is 2.29. The average Bonchev–Trinajstić information content (AvgIpc) is 3.26. The number of carboxylic acids is 1. The molecule has 1 aliphatic heterocycles. The van der Waals surface area contributed by atoms with Gasteiger partial charge in [-0.2, -0.15) is 5.10 Å². The maximum Gasteiger partial charge on any atom is 0.338 e. The van der Waals surface area contributed by atoms with Crippen molar-refractivity contribution in [3.63, 3.8) is 0 Å². The molecule has 0 bridgehead atoms. The van der Waals surface area contributed by atoms with Gasteiger partial charge in [-0.05, 0) is 25.2 Å². The summed E-state index contributed by atoms with van der Waals surface area (Å²) in [6.07, 6.45) is 10.9. The first-order chi connectivity index (χ1) is 11.5. The molecule has 0 spiro atoms. The topological polar surface area (TPSA) is 75.4 Å². The van der Waals surface area contributed by atoms with Gasteiger partial charge in [0.15, 0.2) is 0 Å². The number of carbonyl (C=O) groups is 2. The largest absolute Gasteiger partial charge is 0.478 e. The molecule has 2 aliphatic rings. The van der Waals surface area contributed by atoms with Crippen molar-refractivity contribution in [3.05, 3.63) is 18.0 Å². The fourth-order valence-electron chi connectivity index (χ4n) is 4.16. The van der Waals surface area contributed by atoms with Gasteiger partial charge in [-0.25, -0.2) is 4.79 Å². The maximum atomic E-state index is 12.6. The highest BCUT2D eigenvalue weighted by atomic mass is 16.4. The van der Waals surface area contributed by atoms with E-state index in [2.05, 4.69) is 12.0 Å². The van der Waals surface area contributed by atoms with Gasteiger partial charge in [-0.3, -0.25) is 9.48 Å². The Kier molecular flexibility index (Phi) is 5.21. The Bertz CT molecular complexity index is 584. The van der Waals surface area contributed by atoms with Crippen molar-refractivity contribution in [1.82, 2.24) is 14.7 Å². The molecule has 1 aromatic heterocycles. The van der Waals surface area contributed by atoms with Crippen molar-refractivity contribution >= 4 is 11.9 Å². The lowest BCUT2D eigenvalue weighted by Gasteiger charge is -2.34. The molecule has 2 heterocycles. The molecule has 24 heavy (non-hydrogen) atoms. The summed E-state index contributed by atoms with van der Waals surface area (Å²) >= 11 is 0. The van der Waals surface area contributed by atoms with Gasteiger partial charge in [0.25, 0.3) is 0 Å².